The predicted octanol–water partition coefficient (Wildman–Crippen LogP) is 1.50. The van der Waals surface area contributed by atoms with Crippen molar-refractivity contribution in [2.24, 2.45) is 0 Å². The number of H-pyrrole nitrogens is 1. The van der Waals surface area contributed by atoms with E-state index in [2.05, 4.69) is 10.2 Å². The van der Waals surface area contributed by atoms with E-state index < -0.39 is 43.9 Å². The summed E-state index contributed by atoms with van der Waals surface area (Å²) < 4.78 is 52.6. The van der Waals surface area contributed by atoms with Gasteiger partial charge in [0.2, 0.25) is 0 Å². The minimum absolute atomic E-state index is 0.0447. The molecule has 0 atom stereocenters. The Bertz CT molecular complexity index is 817. The zero-order valence-electron chi connectivity index (χ0n) is 10.5. The Labute approximate surface area is 117 Å². The average molecular weight is 317 g/mol. The van der Waals surface area contributed by atoms with Crippen LogP contribution < -0.4 is 4.72 Å². The number of aromatic amines is 1. The van der Waals surface area contributed by atoms with Crippen LogP contribution in [-0.4, -0.2) is 29.7 Å². The van der Waals surface area contributed by atoms with Crippen LogP contribution in [0.4, 0.5) is 14.5 Å². The molecule has 1 heterocycles. The van der Waals surface area contributed by atoms with Crippen LogP contribution in [0.25, 0.3) is 0 Å². The van der Waals surface area contributed by atoms with Crippen LogP contribution in [0, 0.1) is 18.6 Å². The summed E-state index contributed by atoms with van der Waals surface area (Å²) in [5.41, 5.74) is -1.42. The summed E-state index contributed by atoms with van der Waals surface area (Å²) in [5.74, 6) is -3.42. The number of hydrogen-bond donors (Lipinski definition) is 3. The number of aromatic nitrogens is 2. The molecule has 0 unspecified atom stereocenters. The highest BCUT2D eigenvalue weighted by molar-refractivity contribution is 7.92. The highest BCUT2D eigenvalue weighted by Gasteiger charge is 2.29. The second-order valence-electron chi connectivity index (χ2n) is 4.06. The minimum Gasteiger partial charge on any atom is -0.476 e. The first kappa shape index (κ1) is 14.9. The molecule has 3 N–H and O–H groups in total. The lowest BCUT2D eigenvalue weighted by molar-refractivity contribution is 0.0686. The Morgan fingerprint density at radius 2 is 2.05 bits per heavy atom. The Morgan fingerprint density at radius 3 is 2.67 bits per heavy atom. The Morgan fingerprint density at radius 1 is 1.38 bits per heavy atom. The van der Waals surface area contributed by atoms with E-state index in [0.29, 0.717) is 6.07 Å². The van der Waals surface area contributed by atoms with E-state index in [1.807, 2.05) is 0 Å². The van der Waals surface area contributed by atoms with Gasteiger partial charge in [-0.05, 0) is 19.1 Å². The number of sulfonamides is 1. The van der Waals surface area contributed by atoms with Crippen LogP contribution in [0.5, 0.6) is 0 Å². The van der Waals surface area contributed by atoms with Crippen LogP contribution >= 0.6 is 0 Å². The van der Waals surface area contributed by atoms with Crippen LogP contribution in [0.3, 0.4) is 0 Å². The maximum absolute atomic E-state index is 13.5. The van der Waals surface area contributed by atoms with Gasteiger partial charge >= 0.3 is 5.97 Å². The van der Waals surface area contributed by atoms with Gasteiger partial charge in [0.1, 0.15) is 16.5 Å². The van der Waals surface area contributed by atoms with E-state index in [0.717, 1.165) is 12.1 Å². The van der Waals surface area contributed by atoms with E-state index in [1.54, 1.807) is 4.72 Å². The second-order valence-corrected chi connectivity index (χ2v) is 5.68. The number of hydrogen-bond acceptors (Lipinski definition) is 4. The van der Waals surface area contributed by atoms with Gasteiger partial charge in [-0.15, -0.1) is 0 Å². The Kier molecular flexibility index (Phi) is 3.64. The summed E-state index contributed by atoms with van der Waals surface area (Å²) in [7, 11) is -4.45. The molecule has 0 saturated heterocycles. The maximum atomic E-state index is 13.5. The summed E-state index contributed by atoms with van der Waals surface area (Å²) in [4.78, 5) is 10.3. The van der Waals surface area contributed by atoms with E-state index in [4.69, 9.17) is 5.11 Å². The first-order chi connectivity index (χ1) is 9.72. The van der Waals surface area contributed by atoms with Crippen LogP contribution in [-0.2, 0) is 10.0 Å². The summed E-state index contributed by atoms with van der Waals surface area (Å²) in [6.45, 7) is 1.29. The van der Waals surface area contributed by atoms with Crippen molar-refractivity contribution in [2.75, 3.05) is 4.72 Å². The lowest BCUT2D eigenvalue weighted by Gasteiger charge is -2.09. The number of carbonyl (C=O) groups is 1. The molecule has 2 aromatic rings. The van der Waals surface area contributed by atoms with Crippen LogP contribution in [0.2, 0.25) is 0 Å². The van der Waals surface area contributed by atoms with Gasteiger partial charge < -0.3 is 5.11 Å². The zero-order chi connectivity index (χ0) is 15.8. The number of carboxylic acids is 1. The fourth-order valence-electron chi connectivity index (χ4n) is 1.66. The van der Waals surface area contributed by atoms with Crippen molar-refractivity contribution < 1.29 is 27.1 Å². The van der Waals surface area contributed by atoms with E-state index in [1.165, 1.54) is 6.92 Å². The zero-order valence-corrected chi connectivity index (χ0v) is 11.3. The van der Waals surface area contributed by atoms with Gasteiger partial charge in [0.15, 0.2) is 5.69 Å². The first-order valence-electron chi connectivity index (χ1n) is 5.48. The predicted molar refractivity (Wildman–Crippen MR) is 67.5 cm³/mol. The minimum atomic E-state index is -4.45. The fraction of sp³-hybridized carbons (Fsp3) is 0.0909. The third-order valence-electron chi connectivity index (χ3n) is 2.54. The van der Waals surface area contributed by atoms with Gasteiger partial charge in [-0.1, -0.05) is 0 Å². The van der Waals surface area contributed by atoms with Crippen molar-refractivity contribution in [3.8, 4) is 0 Å². The molecule has 1 aromatic carbocycles. The van der Waals surface area contributed by atoms with Crippen molar-refractivity contribution in [3.63, 3.8) is 0 Å². The topological polar surface area (TPSA) is 112 Å². The number of nitrogens with one attached hydrogen (secondary N) is 2. The molecule has 0 amide bonds. The van der Waals surface area contributed by atoms with E-state index in [-0.39, 0.29) is 5.69 Å². The Hall–Kier alpha value is -2.49. The summed E-state index contributed by atoms with van der Waals surface area (Å²) in [5, 5.41) is 14.5. The highest BCUT2D eigenvalue weighted by Crippen LogP contribution is 2.23. The van der Waals surface area contributed by atoms with Crippen molar-refractivity contribution >= 4 is 21.7 Å². The second kappa shape index (κ2) is 5.13. The number of nitrogens with zero attached hydrogens (tertiary/aromatic N) is 1. The Balaban J connectivity index is 2.51. The molecule has 0 aliphatic heterocycles. The molecule has 10 heteroatoms. The molecule has 0 aliphatic rings. The summed E-state index contributed by atoms with van der Waals surface area (Å²) >= 11 is 0. The number of anilines is 1. The third kappa shape index (κ3) is 2.84. The smallest absolute Gasteiger partial charge is 0.357 e. The van der Waals surface area contributed by atoms with Crippen LogP contribution in [0.15, 0.2) is 23.1 Å². The van der Waals surface area contributed by atoms with Gasteiger partial charge in [-0.3, -0.25) is 9.82 Å². The van der Waals surface area contributed by atoms with Gasteiger partial charge in [-0.2, -0.15) is 5.10 Å². The quantitative estimate of drug-likeness (QED) is 0.791. The van der Waals surface area contributed by atoms with Crippen molar-refractivity contribution in [2.45, 2.75) is 11.8 Å². The lowest BCUT2D eigenvalue weighted by Crippen LogP contribution is -2.17. The SMILES string of the molecule is Cc1[nH]nc(C(=O)O)c1S(=O)(=O)Nc1cc(F)ccc1F. The molecule has 0 aliphatic carbocycles. The molecular formula is C11H9F2N3O4S. The van der Waals surface area contributed by atoms with E-state index >= 15 is 0 Å². The van der Waals surface area contributed by atoms with Gasteiger partial charge in [0.05, 0.1) is 11.4 Å². The number of carboxylic acid groups (broad SMARTS) is 1. The fourth-order valence-corrected chi connectivity index (χ4v) is 3.05. The average Bonchev–Trinajstić information content (AvgIpc) is 2.76. The van der Waals surface area contributed by atoms with Gasteiger partial charge in [0, 0.05) is 6.07 Å². The van der Waals surface area contributed by atoms with Crippen LogP contribution in [0.1, 0.15) is 16.2 Å². The van der Waals surface area contributed by atoms with Gasteiger partial charge in [0.25, 0.3) is 10.0 Å². The molecule has 1 aromatic heterocycles. The molecule has 0 saturated carbocycles. The molecule has 21 heavy (non-hydrogen) atoms. The number of rotatable bonds is 4. The molecule has 0 bridgehead atoms. The van der Waals surface area contributed by atoms with Gasteiger partial charge in [-0.25, -0.2) is 22.0 Å². The molecule has 7 nitrogen and oxygen atoms in total. The molecule has 0 spiro atoms. The largest absolute Gasteiger partial charge is 0.476 e. The number of halogens is 2. The lowest BCUT2D eigenvalue weighted by atomic mass is 10.3. The summed E-state index contributed by atoms with van der Waals surface area (Å²) in [6, 6.07) is 2.20. The van der Waals surface area contributed by atoms with Crippen molar-refractivity contribution in [3.05, 3.63) is 41.2 Å². The standard InChI is InChI=1S/C11H9F2N3O4S/c1-5-10(9(11(17)18)15-14-5)21(19,20)16-8-4-6(12)2-3-7(8)13/h2-4,16H,1H3,(H,14,15)(H,17,18). The normalized spacial score (nSPS) is 11.4. The number of aromatic carboxylic acids is 1. The van der Waals surface area contributed by atoms with E-state index in [9.17, 15) is 22.0 Å². The molecule has 112 valence electrons. The maximum Gasteiger partial charge on any atom is 0.357 e. The van der Waals surface area contributed by atoms with Crippen molar-refractivity contribution in [1.29, 1.82) is 0 Å². The molecule has 2 rings (SSSR count). The molecule has 0 fully saturated rings. The number of benzene rings is 1. The highest BCUT2D eigenvalue weighted by atomic mass is 32.2. The molecule has 0 radical (unpaired) electrons. The first-order valence-corrected chi connectivity index (χ1v) is 6.97. The number of aryl methyl sites for hydroxylation is 1. The monoisotopic (exact) mass is 317 g/mol. The molecular weight excluding hydrogens is 308 g/mol. The summed E-state index contributed by atoms with van der Waals surface area (Å²) in [6.07, 6.45) is 0. The third-order valence-corrected chi connectivity index (χ3v) is 4.06. The van der Waals surface area contributed by atoms with Crippen molar-refractivity contribution in [1.82, 2.24) is 10.2 Å².